The van der Waals surface area contributed by atoms with Crippen LogP contribution in [0.4, 0.5) is 0 Å². The maximum absolute atomic E-state index is 10.5. The summed E-state index contributed by atoms with van der Waals surface area (Å²) >= 11 is 0. The number of fused-ring (bicyclic) bond motifs is 2. The minimum absolute atomic E-state index is 0.155. The van der Waals surface area contributed by atoms with E-state index in [9.17, 15) is 19.2 Å². The Labute approximate surface area is 158 Å². The second kappa shape index (κ2) is 6.66. The number of hydrogen-bond donors (Lipinski definition) is 4. The van der Waals surface area contributed by atoms with Crippen molar-refractivity contribution in [3.05, 3.63) is 84.9 Å². The molecule has 0 aliphatic heterocycles. The van der Waals surface area contributed by atoms with Crippen LogP contribution in [0, 0.1) is 0 Å². The molecule has 0 aromatic heterocycles. The number of hydrogen-bond acceptors (Lipinski definition) is 5. The van der Waals surface area contributed by atoms with Gasteiger partial charge in [0.25, 0.3) is 0 Å². The molecule has 27 heavy (non-hydrogen) atoms. The van der Waals surface area contributed by atoms with Gasteiger partial charge in [-0.25, -0.2) is 0 Å². The molecule has 0 saturated heterocycles. The molecule has 0 unspecified atom stereocenters. The summed E-state index contributed by atoms with van der Waals surface area (Å²) in [6.45, 7) is 0. The predicted molar refractivity (Wildman–Crippen MR) is 109 cm³/mol. The van der Waals surface area contributed by atoms with Crippen molar-refractivity contribution in [1.29, 1.82) is 0 Å². The average Bonchev–Trinajstić information content (AvgIpc) is 2.66. The standard InChI is InChI=1S/C20H18O5Si2/c21-26(22,19-11-9-15-5-1-3-7-17(15)13-19)25-27(23,24)20-12-10-16-6-2-4-8-18(16)14-20/h1-14,21-24H. The van der Waals surface area contributed by atoms with E-state index in [1.54, 1.807) is 36.4 Å². The molecule has 0 aliphatic carbocycles. The van der Waals surface area contributed by atoms with Crippen LogP contribution in [0.3, 0.4) is 0 Å². The Kier molecular flexibility index (Phi) is 4.45. The van der Waals surface area contributed by atoms with Crippen molar-refractivity contribution in [3.63, 3.8) is 0 Å². The minimum atomic E-state index is -4.52. The lowest BCUT2D eigenvalue weighted by atomic mass is 10.1. The van der Waals surface area contributed by atoms with E-state index >= 15 is 0 Å². The molecule has 4 aromatic carbocycles. The quantitative estimate of drug-likeness (QED) is 0.387. The van der Waals surface area contributed by atoms with Crippen molar-refractivity contribution in [1.82, 2.24) is 0 Å². The van der Waals surface area contributed by atoms with Gasteiger partial charge in [0.15, 0.2) is 0 Å². The predicted octanol–water partition coefficient (Wildman–Crippen LogP) is 0.971. The molecule has 0 fully saturated rings. The Hall–Kier alpha value is -2.37. The van der Waals surface area contributed by atoms with Crippen molar-refractivity contribution in [2.75, 3.05) is 0 Å². The van der Waals surface area contributed by atoms with Gasteiger partial charge in [-0.15, -0.1) is 0 Å². The summed E-state index contributed by atoms with van der Waals surface area (Å²) < 4.78 is 5.20. The van der Waals surface area contributed by atoms with Gasteiger partial charge in [-0.05, 0) is 33.7 Å². The zero-order valence-corrected chi connectivity index (χ0v) is 16.3. The molecule has 0 saturated carbocycles. The largest absolute Gasteiger partial charge is 0.524 e. The summed E-state index contributed by atoms with van der Waals surface area (Å²) in [7, 11) is -9.04. The van der Waals surface area contributed by atoms with Gasteiger partial charge in [0.1, 0.15) is 0 Å². The molecule has 5 nitrogen and oxygen atoms in total. The topological polar surface area (TPSA) is 90.2 Å². The van der Waals surface area contributed by atoms with Crippen LogP contribution < -0.4 is 10.4 Å². The van der Waals surface area contributed by atoms with E-state index in [-0.39, 0.29) is 10.4 Å². The summed E-state index contributed by atoms with van der Waals surface area (Å²) in [5.74, 6) is 0. The lowest BCUT2D eigenvalue weighted by Crippen LogP contribution is -2.64. The van der Waals surface area contributed by atoms with Crippen molar-refractivity contribution in [2.24, 2.45) is 0 Å². The molecule has 0 aliphatic rings. The third-order valence-electron chi connectivity index (χ3n) is 4.54. The lowest BCUT2D eigenvalue weighted by molar-refractivity contribution is 0.179. The van der Waals surface area contributed by atoms with Gasteiger partial charge in [-0.1, -0.05) is 72.8 Å². The Morgan fingerprint density at radius 1 is 0.481 bits per heavy atom. The normalized spacial score (nSPS) is 12.6. The van der Waals surface area contributed by atoms with Crippen molar-refractivity contribution >= 4 is 49.5 Å². The number of benzene rings is 4. The first kappa shape index (κ1) is 18.0. The van der Waals surface area contributed by atoms with E-state index < -0.39 is 17.6 Å². The first-order valence-electron chi connectivity index (χ1n) is 8.43. The zero-order valence-electron chi connectivity index (χ0n) is 14.3. The van der Waals surface area contributed by atoms with Crippen molar-refractivity contribution < 1.29 is 23.3 Å². The molecule has 136 valence electrons. The van der Waals surface area contributed by atoms with Gasteiger partial charge < -0.3 is 23.3 Å². The van der Waals surface area contributed by atoms with Gasteiger partial charge in [0, 0.05) is 10.4 Å². The molecule has 0 atom stereocenters. The molecule has 7 heteroatoms. The fraction of sp³-hybridized carbons (Fsp3) is 0. The minimum Gasteiger partial charge on any atom is -0.387 e. The maximum Gasteiger partial charge on any atom is 0.524 e. The van der Waals surface area contributed by atoms with E-state index in [2.05, 4.69) is 0 Å². The third-order valence-corrected chi connectivity index (χ3v) is 8.94. The van der Waals surface area contributed by atoms with E-state index in [4.69, 9.17) is 4.12 Å². The molecular weight excluding hydrogens is 376 g/mol. The molecule has 0 amide bonds. The molecule has 0 heterocycles. The Balaban J connectivity index is 1.68. The molecule has 0 spiro atoms. The van der Waals surface area contributed by atoms with Gasteiger partial charge in [0.2, 0.25) is 0 Å². The number of rotatable bonds is 4. The molecular formula is C20H18O5Si2. The van der Waals surface area contributed by atoms with Crippen LogP contribution in [-0.2, 0) is 4.12 Å². The molecule has 4 rings (SSSR count). The van der Waals surface area contributed by atoms with Crippen molar-refractivity contribution in [3.8, 4) is 0 Å². The van der Waals surface area contributed by atoms with Gasteiger partial charge >= 0.3 is 17.6 Å². The fourth-order valence-corrected chi connectivity index (χ4v) is 6.92. The van der Waals surface area contributed by atoms with Crippen LogP contribution in [-0.4, -0.2) is 36.8 Å². The first-order valence-corrected chi connectivity index (χ1v) is 12.0. The van der Waals surface area contributed by atoms with E-state index in [1.165, 1.54) is 0 Å². The van der Waals surface area contributed by atoms with Crippen LogP contribution in [0.5, 0.6) is 0 Å². The summed E-state index contributed by atoms with van der Waals surface area (Å²) in [4.78, 5) is 42.2. The Bertz CT molecular complexity index is 1040. The van der Waals surface area contributed by atoms with Crippen molar-refractivity contribution in [2.45, 2.75) is 0 Å². The van der Waals surface area contributed by atoms with Crippen LogP contribution >= 0.6 is 0 Å². The summed E-state index contributed by atoms with van der Waals surface area (Å²) in [6.07, 6.45) is 0. The van der Waals surface area contributed by atoms with Gasteiger partial charge in [-0.2, -0.15) is 0 Å². The molecule has 4 aromatic rings. The maximum atomic E-state index is 10.5. The lowest BCUT2D eigenvalue weighted by Gasteiger charge is -2.26. The third kappa shape index (κ3) is 3.57. The highest BCUT2D eigenvalue weighted by molar-refractivity contribution is 6.86. The molecule has 4 N–H and O–H groups in total. The van der Waals surface area contributed by atoms with E-state index in [0.29, 0.717) is 0 Å². The molecule has 0 bridgehead atoms. The zero-order chi connectivity index (χ0) is 19.1. The van der Waals surface area contributed by atoms with Gasteiger partial charge in [0.05, 0.1) is 0 Å². The SMILES string of the molecule is O[Si](O)(O[Si](O)(O)c1ccc2ccccc2c1)c1ccc2ccccc2c1. The highest BCUT2D eigenvalue weighted by Gasteiger charge is 2.48. The average molecular weight is 395 g/mol. The molecule has 0 radical (unpaired) electrons. The first-order chi connectivity index (χ1) is 12.9. The summed E-state index contributed by atoms with van der Waals surface area (Å²) in [6, 6.07) is 24.7. The van der Waals surface area contributed by atoms with Crippen LogP contribution in [0.2, 0.25) is 0 Å². The summed E-state index contributed by atoms with van der Waals surface area (Å²) in [5, 5.41) is 3.82. The van der Waals surface area contributed by atoms with Gasteiger partial charge in [-0.3, -0.25) is 0 Å². The second-order valence-electron chi connectivity index (χ2n) is 6.44. The highest BCUT2D eigenvalue weighted by atomic mass is 28.5. The van der Waals surface area contributed by atoms with E-state index in [1.807, 2.05) is 48.5 Å². The summed E-state index contributed by atoms with van der Waals surface area (Å²) in [5.41, 5.74) is 0. The van der Waals surface area contributed by atoms with E-state index in [0.717, 1.165) is 21.5 Å². The Morgan fingerprint density at radius 2 is 0.852 bits per heavy atom. The second-order valence-corrected chi connectivity index (χ2v) is 10.8. The highest BCUT2D eigenvalue weighted by Crippen LogP contribution is 2.16. The Morgan fingerprint density at radius 3 is 1.26 bits per heavy atom. The fourth-order valence-electron chi connectivity index (χ4n) is 3.10. The smallest absolute Gasteiger partial charge is 0.387 e. The van der Waals surface area contributed by atoms with Crippen LogP contribution in [0.15, 0.2) is 84.9 Å². The van der Waals surface area contributed by atoms with Crippen LogP contribution in [0.1, 0.15) is 0 Å². The monoisotopic (exact) mass is 394 g/mol. The van der Waals surface area contributed by atoms with Crippen LogP contribution in [0.25, 0.3) is 21.5 Å².